The number of carbonyl (C=O) groups excluding carboxylic acids is 1. The number of nitrogens with zero attached hydrogens (tertiary/aromatic N) is 2. The van der Waals surface area contributed by atoms with Gasteiger partial charge in [-0.1, -0.05) is 0 Å². The van der Waals surface area contributed by atoms with E-state index < -0.39 is 58.2 Å². The molecule has 1 unspecified atom stereocenters. The minimum Gasteiger partial charge on any atom is -0.378 e. The van der Waals surface area contributed by atoms with E-state index in [4.69, 9.17) is 4.74 Å². The molecule has 1 aromatic rings. The molecule has 0 spiro atoms. The second-order valence-electron chi connectivity index (χ2n) is 5.35. The highest BCUT2D eigenvalue weighted by atomic mass is 32.2. The van der Waals surface area contributed by atoms with Crippen molar-refractivity contribution >= 4 is 32.2 Å². The Kier molecular flexibility index (Phi) is 6.21. The van der Waals surface area contributed by atoms with Crippen LogP contribution in [0.15, 0.2) is 28.0 Å². The van der Waals surface area contributed by atoms with Crippen molar-refractivity contribution in [2.24, 2.45) is 0 Å². The summed E-state index contributed by atoms with van der Waals surface area (Å²) in [6.45, 7) is 0.730. The van der Waals surface area contributed by atoms with Gasteiger partial charge in [0.25, 0.3) is 5.69 Å². The van der Waals surface area contributed by atoms with Gasteiger partial charge in [-0.05, 0) is 12.1 Å². The monoisotopic (exact) mass is 430 g/mol. The molecule has 1 saturated heterocycles. The number of ether oxygens (including phenoxy) is 1. The Morgan fingerprint density at radius 3 is 2.41 bits per heavy atom. The van der Waals surface area contributed by atoms with Gasteiger partial charge in [-0.25, -0.2) is 12.6 Å². The van der Waals surface area contributed by atoms with E-state index in [0.717, 1.165) is 0 Å². The molecular formula is C13H13F3N2O7S2. The number of halogens is 3. The standard InChI is InChI=1S/C13H13F3N2O7S2/c14-13(15,16)26(22)9-1-2-11(10(7-9)18(20)21)27(23,24)8-12(19)17-3-5-25-6-4-17/h1-2,7H,3-6,8H2. The van der Waals surface area contributed by atoms with Gasteiger partial charge in [-0.15, -0.1) is 0 Å². The van der Waals surface area contributed by atoms with Crippen LogP contribution in [0.4, 0.5) is 18.9 Å². The Labute approximate surface area is 153 Å². The number of rotatable bonds is 5. The van der Waals surface area contributed by atoms with Crippen molar-refractivity contribution in [1.29, 1.82) is 0 Å². The van der Waals surface area contributed by atoms with Crippen LogP contribution >= 0.6 is 0 Å². The smallest absolute Gasteiger partial charge is 0.378 e. The quantitative estimate of drug-likeness (QED) is 0.501. The first-order chi connectivity index (χ1) is 12.4. The summed E-state index contributed by atoms with van der Waals surface area (Å²) in [6.07, 6.45) is 0. The van der Waals surface area contributed by atoms with Crippen molar-refractivity contribution in [3.63, 3.8) is 0 Å². The highest BCUT2D eigenvalue weighted by Crippen LogP contribution is 2.32. The fourth-order valence-electron chi connectivity index (χ4n) is 2.30. The molecule has 9 nitrogen and oxygen atoms in total. The summed E-state index contributed by atoms with van der Waals surface area (Å²) in [5, 5.41) is 11.1. The van der Waals surface area contributed by atoms with Crippen LogP contribution in [-0.4, -0.2) is 65.9 Å². The number of alkyl halides is 3. The molecule has 0 radical (unpaired) electrons. The van der Waals surface area contributed by atoms with Crippen LogP contribution in [0, 0.1) is 10.1 Å². The number of morpholine rings is 1. The van der Waals surface area contributed by atoms with E-state index in [1.807, 2.05) is 0 Å². The Hall–Kier alpha value is -2.06. The highest BCUT2D eigenvalue weighted by Gasteiger charge is 2.40. The average Bonchev–Trinajstić information content (AvgIpc) is 2.60. The number of benzene rings is 1. The molecule has 1 heterocycles. The van der Waals surface area contributed by atoms with Crippen LogP contribution in [0.2, 0.25) is 0 Å². The van der Waals surface area contributed by atoms with Crippen molar-refractivity contribution in [3.05, 3.63) is 28.3 Å². The summed E-state index contributed by atoms with van der Waals surface area (Å²) in [5.41, 5.74) is -6.35. The molecule has 0 aliphatic carbocycles. The van der Waals surface area contributed by atoms with Gasteiger partial charge in [0, 0.05) is 19.2 Å². The summed E-state index contributed by atoms with van der Waals surface area (Å²) in [6, 6.07) is 1.41. The molecule has 14 heteroatoms. The van der Waals surface area contributed by atoms with E-state index in [1.165, 1.54) is 4.90 Å². The number of carbonyl (C=O) groups is 1. The third kappa shape index (κ3) is 5.01. The summed E-state index contributed by atoms with van der Waals surface area (Å²) in [7, 11) is -8.08. The SMILES string of the molecule is O=C(CS(=O)(=O)c1ccc(S(=O)C(F)(F)F)cc1[N+](=O)[O-])N1CCOCC1. The molecule has 1 fully saturated rings. The fourth-order valence-corrected chi connectivity index (χ4v) is 4.36. The van der Waals surface area contributed by atoms with Crippen LogP contribution in [-0.2, 0) is 30.2 Å². The number of nitro groups is 1. The third-order valence-corrected chi connectivity index (χ3v) is 6.31. The van der Waals surface area contributed by atoms with Gasteiger partial charge in [-0.3, -0.25) is 14.9 Å². The van der Waals surface area contributed by atoms with E-state index in [-0.39, 0.29) is 32.4 Å². The molecule has 1 aliphatic heterocycles. The van der Waals surface area contributed by atoms with Crippen LogP contribution in [0.5, 0.6) is 0 Å². The second-order valence-corrected chi connectivity index (χ2v) is 8.78. The predicted molar refractivity (Wildman–Crippen MR) is 85.0 cm³/mol. The molecule has 1 aliphatic rings. The molecule has 2 rings (SSSR count). The lowest BCUT2D eigenvalue weighted by molar-refractivity contribution is -0.388. The Balaban J connectivity index is 2.36. The van der Waals surface area contributed by atoms with Gasteiger partial charge in [0.1, 0.15) is 10.6 Å². The number of hydrogen-bond donors (Lipinski definition) is 0. The number of amides is 1. The zero-order valence-electron chi connectivity index (χ0n) is 13.5. The molecule has 27 heavy (non-hydrogen) atoms. The largest absolute Gasteiger partial charge is 0.475 e. The highest BCUT2D eigenvalue weighted by molar-refractivity contribution is 7.92. The summed E-state index contributed by atoms with van der Waals surface area (Å²) in [5.74, 6) is -1.90. The second kappa shape index (κ2) is 7.90. The fraction of sp³-hybridized carbons (Fsp3) is 0.462. The van der Waals surface area contributed by atoms with E-state index in [1.54, 1.807) is 0 Å². The van der Waals surface area contributed by atoms with Crippen molar-refractivity contribution in [2.75, 3.05) is 32.1 Å². The molecule has 0 N–H and O–H groups in total. The lowest BCUT2D eigenvalue weighted by Gasteiger charge is -2.26. The van der Waals surface area contributed by atoms with Gasteiger partial charge in [-0.2, -0.15) is 13.2 Å². The number of hydrogen-bond acceptors (Lipinski definition) is 7. The molecule has 1 atom stereocenters. The van der Waals surface area contributed by atoms with E-state index >= 15 is 0 Å². The van der Waals surface area contributed by atoms with Gasteiger partial charge >= 0.3 is 5.51 Å². The summed E-state index contributed by atoms with van der Waals surface area (Å²) in [4.78, 5) is 21.3. The first kappa shape index (κ1) is 21.2. The Morgan fingerprint density at radius 1 is 1.30 bits per heavy atom. The van der Waals surface area contributed by atoms with Crippen LogP contribution < -0.4 is 0 Å². The first-order valence-corrected chi connectivity index (χ1v) is 10.1. The van der Waals surface area contributed by atoms with E-state index in [0.29, 0.717) is 12.1 Å². The Bertz CT molecular complexity index is 880. The molecule has 0 bridgehead atoms. The van der Waals surface area contributed by atoms with Crippen LogP contribution in [0.3, 0.4) is 0 Å². The summed E-state index contributed by atoms with van der Waals surface area (Å²) >= 11 is 0. The van der Waals surface area contributed by atoms with E-state index in [9.17, 15) is 40.7 Å². The number of nitro benzene ring substituents is 1. The van der Waals surface area contributed by atoms with Gasteiger partial charge in [0.05, 0.1) is 23.0 Å². The maximum absolute atomic E-state index is 12.5. The maximum atomic E-state index is 12.5. The third-order valence-electron chi connectivity index (χ3n) is 3.56. The number of sulfone groups is 1. The van der Waals surface area contributed by atoms with Gasteiger partial charge in [0.15, 0.2) is 20.6 Å². The lowest BCUT2D eigenvalue weighted by Crippen LogP contribution is -2.43. The van der Waals surface area contributed by atoms with Crippen molar-refractivity contribution in [2.45, 2.75) is 15.3 Å². The van der Waals surface area contributed by atoms with Gasteiger partial charge in [0.2, 0.25) is 5.91 Å². The topological polar surface area (TPSA) is 124 Å². The normalized spacial score (nSPS) is 16.8. The van der Waals surface area contributed by atoms with Crippen LogP contribution in [0.25, 0.3) is 0 Å². The molecule has 150 valence electrons. The lowest BCUT2D eigenvalue weighted by atomic mass is 10.3. The summed E-state index contributed by atoms with van der Waals surface area (Å²) < 4.78 is 78.8. The maximum Gasteiger partial charge on any atom is 0.475 e. The molecule has 0 aromatic heterocycles. The molecule has 0 saturated carbocycles. The molecule has 1 aromatic carbocycles. The van der Waals surface area contributed by atoms with Crippen molar-refractivity contribution < 1.29 is 40.3 Å². The zero-order valence-corrected chi connectivity index (χ0v) is 15.1. The van der Waals surface area contributed by atoms with Crippen LogP contribution in [0.1, 0.15) is 0 Å². The van der Waals surface area contributed by atoms with E-state index in [2.05, 4.69) is 0 Å². The first-order valence-electron chi connectivity index (χ1n) is 7.29. The zero-order chi connectivity index (χ0) is 20.4. The average molecular weight is 430 g/mol. The molecule has 1 amide bonds. The minimum atomic E-state index is -5.17. The minimum absolute atomic E-state index is 0.153. The Morgan fingerprint density at radius 2 is 1.89 bits per heavy atom. The van der Waals surface area contributed by atoms with Gasteiger partial charge < -0.3 is 9.64 Å². The van der Waals surface area contributed by atoms with Crippen molar-refractivity contribution in [1.82, 2.24) is 4.90 Å². The molecular weight excluding hydrogens is 417 g/mol. The predicted octanol–water partition coefficient (Wildman–Crippen LogP) is 0.855. The van der Waals surface area contributed by atoms with Crippen molar-refractivity contribution in [3.8, 4) is 0 Å².